The summed E-state index contributed by atoms with van der Waals surface area (Å²) in [7, 11) is 0. The van der Waals surface area contributed by atoms with Crippen molar-refractivity contribution in [2.75, 3.05) is 6.61 Å². The second-order valence-corrected chi connectivity index (χ2v) is 13.8. The summed E-state index contributed by atoms with van der Waals surface area (Å²) in [5.74, 6) is 59.8. The molecule has 0 radical (unpaired) electrons. The molecular formula is C57H57NO4. The number of hydrogen-bond donors (Lipinski definition) is 2. The standard InChI is InChI=1S/C57H57NO4/c1-7-13-15-17-19-21-23-25-26-27-28-29-30-31-32-33-34-35-37-39-41-43-45-48-56(60)58-53(54(59)47-44-42-40-38-36-24-22-20-18-16-14-8-2)49-61-57-52(12-6)50(10-4)51(11-5)55(62-57)46-9-3/h9-12,50-55,57,59H,3-6,8,14,16,18,20,22,24,36,38,40,42,44,46-47,49H2,1-2H3,(H,58,60)/t50?,51-,52-,53+,54-,55?,57-/m1/s1. The van der Waals surface area contributed by atoms with Crippen LogP contribution in [0.15, 0.2) is 50.6 Å². The predicted molar refractivity (Wildman–Crippen MR) is 253 cm³/mol. The molecule has 0 aromatic heterocycles. The van der Waals surface area contributed by atoms with Crippen molar-refractivity contribution in [2.45, 2.75) is 128 Å². The Morgan fingerprint density at radius 1 is 0.597 bits per heavy atom. The van der Waals surface area contributed by atoms with E-state index in [1.54, 1.807) is 19.1 Å². The van der Waals surface area contributed by atoms with Crippen LogP contribution >= 0.6 is 0 Å². The number of unbranched alkanes of at least 4 members (excludes halogenated alkanes) is 11. The van der Waals surface area contributed by atoms with Gasteiger partial charge in [0.25, 0.3) is 5.91 Å². The summed E-state index contributed by atoms with van der Waals surface area (Å²) in [5.41, 5.74) is 0. The third-order valence-electron chi connectivity index (χ3n) is 9.34. The minimum atomic E-state index is -0.865. The lowest BCUT2D eigenvalue weighted by atomic mass is 9.75. The highest BCUT2D eigenvalue weighted by molar-refractivity contribution is 5.94. The zero-order valence-corrected chi connectivity index (χ0v) is 36.5. The first kappa shape index (κ1) is 53.0. The van der Waals surface area contributed by atoms with Crippen LogP contribution in [0.25, 0.3) is 0 Å². The Bertz CT molecular complexity index is 2280. The van der Waals surface area contributed by atoms with Crippen molar-refractivity contribution in [3.05, 3.63) is 50.6 Å². The largest absolute Gasteiger partial charge is 0.391 e. The van der Waals surface area contributed by atoms with Crippen molar-refractivity contribution in [2.24, 2.45) is 17.8 Å². The Labute approximate surface area is 374 Å². The molecule has 0 aromatic carbocycles. The van der Waals surface area contributed by atoms with Crippen molar-refractivity contribution in [3.63, 3.8) is 0 Å². The van der Waals surface area contributed by atoms with Gasteiger partial charge in [-0.05, 0) is 120 Å². The number of amides is 1. The van der Waals surface area contributed by atoms with Gasteiger partial charge in [-0.1, -0.05) is 114 Å². The molecule has 2 N–H and O–H groups in total. The Morgan fingerprint density at radius 2 is 1.00 bits per heavy atom. The molecule has 0 bridgehead atoms. The molecule has 0 aliphatic carbocycles. The molecule has 1 fully saturated rings. The fourth-order valence-electron chi connectivity index (χ4n) is 6.28. The van der Waals surface area contributed by atoms with Crippen molar-refractivity contribution in [3.8, 4) is 142 Å². The third-order valence-corrected chi connectivity index (χ3v) is 9.34. The average molecular weight is 820 g/mol. The van der Waals surface area contributed by atoms with Crippen molar-refractivity contribution in [1.29, 1.82) is 0 Å². The Morgan fingerprint density at radius 3 is 1.40 bits per heavy atom. The fourth-order valence-corrected chi connectivity index (χ4v) is 6.28. The fraction of sp³-hybridized carbons (Fsp3) is 0.421. The van der Waals surface area contributed by atoms with Crippen molar-refractivity contribution < 1.29 is 19.4 Å². The van der Waals surface area contributed by atoms with E-state index in [-0.39, 0.29) is 30.5 Å². The van der Waals surface area contributed by atoms with E-state index in [9.17, 15) is 9.90 Å². The highest BCUT2D eigenvalue weighted by Gasteiger charge is 2.42. The molecule has 5 heteroatoms. The summed E-state index contributed by atoms with van der Waals surface area (Å²) in [5, 5.41) is 14.1. The zero-order valence-electron chi connectivity index (χ0n) is 36.5. The summed E-state index contributed by atoms with van der Waals surface area (Å²) < 4.78 is 12.7. The van der Waals surface area contributed by atoms with Gasteiger partial charge in [0, 0.05) is 53.3 Å². The van der Waals surface area contributed by atoms with Gasteiger partial charge in [0.2, 0.25) is 0 Å². The summed E-state index contributed by atoms with van der Waals surface area (Å²) in [6.45, 7) is 19.9. The van der Waals surface area contributed by atoms with E-state index in [4.69, 9.17) is 9.47 Å². The predicted octanol–water partition coefficient (Wildman–Crippen LogP) is 7.71. The minimum absolute atomic E-state index is 0.00227. The van der Waals surface area contributed by atoms with Gasteiger partial charge < -0.3 is 19.9 Å². The van der Waals surface area contributed by atoms with E-state index < -0.39 is 24.3 Å². The van der Waals surface area contributed by atoms with E-state index in [1.807, 2.05) is 12.2 Å². The summed E-state index contributed by atoms with van der Waals surface area (Å²) >= 11 is 0. The quantitative estimate of drug-likeness (QED) is 0.0631. The van der Waals surface area contributed by atoms with Gasteiger partial charge in [-0.25, -0.2) is 0 Å². The Balaban J connectivity index is 2.84. The van der Waals surface area contributed by atoms with Crippen LogP contribution in [0.4, 0.5) is 0 Å². The molecule has 1 heterocycles. The van der Waals surface area contributed by atoms with Gasteiger partial charge in [0.1, 0.15) is 0 Å². The molecule has 1 aliphatic rings. The van der Waals surface area contributed by atoms with Crippen molar-refractivity contribution in [1.82, 2.24) is 5.32 Å². The second-order valence-electron chi connectivity index (χ2n) is 13.8. The number of carbonyl (C=O) groups excluding carboxylic acids is 1. The molecule has 62 heavy (non-hydrogen) atoms. The van der Waals surface area contributed by atoms with Gasteiger partial charge in [0.05, 0.1) is 24.9 Å². The van der Waals surface area contributed by atoms with Crippen LogP contribution in [-0.4, -0.2) is 42.2 Å². The first-order valence-corrected chi connectivity index (χ1v) is 21.1. The second kappa shape index (κ2) is 38.2. The number of nitrogens with one attached hydrogen (secondary N) is 1. The monoisotopic (exact) mass is 819 g/mol. The Hall–Kier alpha value is -6.97. The van der Waals surface area contributed by atoms with E-state index in [1.165, 1.54) is 57.8 Å². The number of allylic oxidation sites excluding steroid dienone is 1. The van der Waals surface area contributed by atoms with E-state index in [0.717, 1.165) is 19.3 Å². The summed E-state index contributed by atoms with van der Waals surface area (Å²) in [6, 6.07) is -0.742. The number of carbonyl (C=O) groups is 1. The van der Waals surface area contributed by atoms with Gasteiger partial charge in [-0.15, -0.1) is 26.3 Å². The van der Waals surface area contributed by atoms with E-state index in [2.05, 4.69) is 181 Å². The molecule has 7 atom stereocenters. The highest BCUT2D eigenvalue weighted by Crippen LogP contribution is 2.39. The number of aliphatic hydroxyl groups is 1. The highest BCUT2D eigenvalue weighted by atomic mass is 16.7. The number of hydrogen-bond acceptors (Lipinski definition) is 4. The smallest absolute Gasteiger partial charge is 0.297 e. The first-order valence-electron chi connectivity index (χ1n) is 21.1. The SMILES string of the molecule is C=CCC1O[C@@H](OC[C@H](NC(=O)C#CC#CC#CC#CC#CC#CC#CC#CC#CC#CC#CC#CC)[C@H](O)CCCCCCCCCCCCCC)[C@H](C=C)C(C=C)[C@H]1C=C. The molecular weight excluding hydrogens is 763 g/mol. The van der Waals surface area contributed by atoms with Crippen LogP contribution in [0.3, 0.4) is 0 Å². The maximum absolute atomic E-state index is 12.9. The molecule has 0 spiro atoms. The maximum atomic E-state index is 12.9. The molecule has 1 aliphatic heterocycles. The van der Waals surface area contributed by atoms with Crippen molar-refractivity contribution >= 4 is 5.91 Å². The van der Waals surface area contributed by atoms with Gasteiger partial charge in [-0.2, -0.15) is 0 Å². The molecule has 1 amide bonds. The molecule has 5 nitrogen and oxygen atoms in total. The van der Waals surface area contributed by atoms with Gasteiger partial charge >= 0.3 is 0 Å². The lowest BCUT2D eigenvalue weighted by Gasteiger charge is -2.44. The lowest BCUT2D eigenvalue weighted by Crippen LogP contribution is -2.50. The molecule has 0 aromatic rings. The molecule has 1 saturated heterocycles. The molecule has 314 valence electrons. The van der Waals surface area contributed by atoms with E-state index >= 15 is 0 Å². The number of rotatable bonds is 23. The first-order chi connectivity index (χ1) is 30.5. The van der Waals surface area contributed by atoms with Crippen LogP contribution in [0.1, 0.15) is 104 Å². The normalized spacial score (nSPS) is 16.7. The zero-order chi connectivity index (χ0) is 45.1. The van der Waals surface area contributed by atoms with Crippen LogP contribution in [0.2, 0.25) is 0 Å². The van der Waals surface area contributed by atoms with Crippen LogP contribution in [0, 0.1) is 160 Å². The third kappa shape index (κ3) is 26.2. The molecule has 0 saturated carbocycles. The van der Waals surface area contributed by atoms with Crippen LogP contribution in [0.5, 0.6) is 0 Å². The lowest BCUT2D eigenvalue weighted by molar-refractivity contribution is -0.236. The topological polar surface area (TPSA) is 67.8 Å². The van der Waals surface area contributed by atoms with E-state index in [0.29, 0.717) is 12.8 Å². The number of ether oxygens (including phenoxy) is 2. The summed E-state index contributed by atoms with van der Waals surface area (Å²) in [4.78, 5) is 12.9. The maximum Gasteiger partial charge on any atom is 0.297 e. The molecule has 1 rings (SSSR count). The average Bonchev–Trinajstić information content (AvgIpc) is 3.28. The van der Waals surface area contributed by atoms with Crippen LogP contribution in [-0.2, 0) is 14.3 Å². The summed E-state index contributed by atoms with van der Waals surface area (Å²) in [6.07, 6.45) is 21.3. The number of aliphatic hydroxyl groups excluding tert-OH is 1. The van der Waals surface area contributed by atoms with Gasteiger partial charge in [0.15, 0.2) is 6.29 Å². The van der Waals surface area contributed by atoms with Gasteiger partial charge in [-0.3, -0.25) is 4.79 Å². The molecule has 2 unspecified atom stereocenters. The minimum Gasteiger partial charge on any atom is -0.391 e. The Kier molecular flexibility index (Phi) is 32.7. The van der Waals surface area contributed by atoms with Crippen LogP contribution < -0.4 is 5.32 Å².